The van der Waals surface area contributed by atoms with Crippen molar-refractivity contribution in [2.45, 2.75) is 13.8 Å². The molecule has 3 aromatic rings. The molecule has 0 aliphatic carbocycles. The van der Waals surface area contributed by atoms with Crippen molar-refractivity contribution in [1.82, 2.24) is 0 Å². The van der Waals surface area contributed by atoms with E-state index in [1.165, 1.54) is 39.5 Å². The zero-order valence-corrected chi connectivity index (χ0v) is 25.8. The first-order chi connectivity index (χ1) is 19.7. The summed E-state index contributed by atoms with van der Waals surface area (Å²) in [5, 5.41) is 0. The number of carbonyl (C=O) groups is 1. The molecule has 0 aliphatic heterocycles. The maximum atomic E-state index is 12.7. The standard InChI is InChI=1S/C29H32O11S2/c1-18(2)14-15-38-24-13-10-20(16-23(24)29(30)37-5)26-25(35-3)17-22(27(36-4)28(26)40-42(7,33)34)19-8-11-21(12-9-19)39-41(6,31)32/h8-14,16-17H,15H2,1-7H3. The number of hydrogen-bond donors (Lipinski definition) is 0. The molecular formula is C29H32O11S2. The molecule has 0 fully saturated rings. The van der Waals surface area contributed by atoms with E-state index in [0.29, 0.717) is 16.7 Å². The van der Waals surface area contributed by atoms with Gasteiger partial charge in [-0.15, -0.1) is 0 Å². The highest BCUT2D eigenvalue weighted by molar-refractivity contribution is 7.86. The van der Waals surface area contributed by atoms with Gasteiger partial charge in [-0.05, 0) is 61.4 Å². The lowest BCUT2D eigenvalue weighted by molar-refractivity contribution is 0.0596. The van der Waals surface area contributed by atoms with Crippen LogP contribution in [-0.2, 0) is 25.0 Å². The molecule has 0 bridgehead atoms. The lowest BCUT2D eigenvalue weighted by Crippen LogP contribution is -2.10. The zero-order valence-electron chi connectivity index (χ0n) is 24.2. The van der Waals surface area contributed by atoms with Crippen LogP contribution in [0.4, 0.5) is 0 Å². The molecule has 13 heteroatoms. The molecule has 42 heavy (non-hydrogen) atoms. The summed E-state index contributed by atoms with van der Waals surface area (Å²) < 4.78 is 80.3. The molecule has 0 saturated carbocycles. The fourth-order valence-electron chi connectivity index (χ4n) is 3.94. The summed E-state index contributed by atoms with van der Waals surface area (Å²) in [6, 6.07) is 12.3. The van der Waals surface area contributed by atoms with Gasteiger partial charge in [-0.3, -0.25) is 0 Å². The Balaban J connectivity index is 2.29. The van der Waals surface area contributed by atoms with Crippen molar-refractivity contribution in [3.05, 3.63) is 65.7 Å². The predicted octanol–water partition coefficient (Wildman–Crippen LogP) is 4.85. The van der Waals surface area contributed by atoms with Crippen molar-refractivity contribution in [2.75, 3.05) is 40.4 Å². The number of benzene rings is 3. The summed E-state index contributed by atoms with van der Waals surface area (Å²) in [7, 11) is -3.88. The van der Waals surface area contributed by atoms with Gasteiger partial charge in [0.1, 0.15) is 29.4 Å². The third-order valence-electron chi connectivity index (χ3n) is 5.68. The van der Waals surface area contributed by atoms with Gasteiger partial charge in [-0.2, -0.15) is 16.8 Å². The van der Waals surface area contributed by atoms with Crippen LogP contribution in [0, 0.1) is 0 Å². The Morgan fingerprint density at radius 2 is 1.38 bits per heavy atom. The van der Waals surface area contributed by atoms with Gasteiger partial charge in [0.2, 0.25) is 0 Å². The molecule has 3 aromatic carbocycles. The van der Waals surface area contributed by atoms with E-state index in [1.54, 1.807) is 30.3 Å². The van der Waals surface area contributed by atoms with Gasteiger partial charge in [-0.25, -0.2) is 4.79 Å². The zero-order chi connectivity index (χ0) is 31.2. The Hall–Kier alpha value is -4.23. The number of ether oxygens (including phenoxy) is 4. The molecule has 0 aliphatic rings. The average molecular weight is 621 g/mol. The molecule has 0 radical (unpaired) electrons. The molecule has 0 unspecified atom stereocenters. The van der Waals surface area contributed by atoms with Gasteiger partial charge in [0.05, 0.1) is 39.4 Å². The van der Waals surface area contributed by atoms with Crippen molar-refractivity contribution in [2.24, 2.45) is 0 Å². The molecule has 11 nitrogen and oxygen atoms in total. The quantitative estimate of drug-likeness (QED) is 0.156. The van der Waals surface area contributed by atoms with Crippen LogP contribution in [0.2, 0.25) is 0 Å². The van der Waals surface area contributed by atoms with Crippen LogP contribution in [-0.4, -0.2) is 63.3 Å². The summed E-state index contributed by atoms with van der Waals surface area (Å²) in [5.74, 6) is -0.300. The smallest absolute Gasteiger partial charge is 0.341 e. The fourth-order valence-corrected chi connectivity index (χ4v) is 4.87. The van der Waals surface area contributed by atoms with Crippen molar-refractivity contribution >= 4 is 26.2 Å². The first kappa shape index (κ1) is 32.3. The molecule has 0 atom stereocenters. The minimum Gasteiger partial charge on any atom is -0.496 e. The van der Waals surface area contributed by atoms with Gasteiger partial charge in [0.25, 0.3) is 0 Å². The van der Waals surface area contributed by atoms with Crippen molar-refractivity contribution in [3.8, 4) is 51.0 Å². The van der Waals surface area contributed by atoms with Crippen LogP contribution >= 0.6 is 0 Å². The normalized spacial score (nSPS) is 11.3. The van der Waals surface area contributed by atoms with E-state index in [1.807, 2.05) is 19.9 Å². The van der Waals surface area contributed by atoms with E-state index in [4.69, 9.17) is 27.3 Å². The average Bonchev–Trinajstić information content (AvgIpc) is 2.90. The third-order valence-corrected chi connectivity index (χ3v) is 6.64. The second-order valence-electron chi connectivity index (χ2n) is 9.26. The first-order valence-electron chi connectivity index (χ1n) is 12.3. The van der Waals surface area contributed by atoms with E-state index < -0.39 is 26.2 Å². The lowest BCUT2D eigenvalue weighted by atomic mass is 9.95. The number of carbonyl (C=O) groups excluding carboxylic acids is 1. The monoisotopic (exact) mass is 620 g/mol. The van der Waals surface area contributed by atoms with Gasteiger partial charge in [0, 0.05) is 5.56 Å². The van der Waals surface area contributed by atoms with E-state index in [-0.39, 0.29) is 46.5 Å². The topological polar surface area (TPSA) is 141 Å². The maximum absolute atomic E-state index is 12.7. The Bertz CT molecular complexity index is 1700. The molecule has 0 N–H and O–H groups in total. The number of methoxy groups -OCH3 is 3. The third kappa shape index (κ3) is 8.17. The highest BCUT2D eigenvalue weighted by Crippen LogP contribution is 2.51. The molecule has 0 saturated heterocycles. The van der Waals surface area contributed by atoms with Crippen molar-refractivity contribution < 1.29 is 48.9 Å². The molecule has 3 rings (SSSR count). The van der Waals surface area contributed by atoms with Gasteiger partial charge < -0.3 is 27.3 Å². The summed E-state index contributed by atoms with van der Waals surface area (Å²) >= 11 is 0. The second kappa shape index (κ2) is 13.2. The Labute approximate surface area is 245 Å². The molecule has 0 amide bonds. The fraction of sp³-hybridized carbons (Fsp3) is 0.276. The summed E-state index contributed by atoms with van der Waals surface area (Å²) in [4.78, 5) is 12.7. The Morgan fingerprint density at radius 3 is 1.90 bits per heavy atom. The molecule has 0 spiro atoms. The van der Waals surface area contributed by atoms with Crippen molar-refractivity contribution in [1.29, 1.82) is 0 Å². The van der Waals surface area contributed by atoms with E-state index in [0.717, 1.165) is 18.1 Å². The van der Waals surface area contributed by atoms with Gasteiger partial charge in [-0.1, -0.05) is 23.8 Å². The Kier molecular flexibility index (Phi) is 10.1. The summed E-state index contributed by atoms with van der Waals surface area (Å²) in [6.45, 7) is 4.05. The highest BCUT2D eigenvalue weighted by atomic mass is 32.2. The number of hydrogen-bond acceptors (Lipinski definition) is 11. The maximum Gasteiger partial charge on any atom is 0.341 e. The minimum absolute atomic E-state index is 0.0384. The highest BCUT2D eigenvalue weighted by Gasteiger charge is 2.27. The van der Waals surface area contributed by atoms with E-state index in [2.05, 4.69) is 0 Å². The predicted molar refractivity (Wildman–Crippen MR) is 158 cm³/mol. The van der Waals surface area contributed by atoms with Crippen LogP contribution in [0.25, 0.3) is 22.3 Å². The Morgan fingerprint density at radius 1 is 0.762 bits per heavy atom. The van der Waals surface area contributed by atoms with Crippen molar-refractivity contribution in [3.63, 3.8) is 0 Å². The van der Waals surface area contributed by atoms with Crippen LogP contribution in [0.1, 0.15) is 24.2 Å². The molecule has 0 aromatic heterocycles. The largest absolute Gasteiger partial charge is 0.496 e. The van der Waals surface area contributed by atoms with Gasteiger partial charge in [0.15, 0.2) is 11.5 Å². The second-order valence-corrected chi connectivity index (χ2v) is 12.4. The van der Waals surface area contributed by atoms with E-state index in [9.17, 15) is 21.6 Å². The molecule has 226 valence electrons. The van der Waals surface area contributed by atoms with Crippen LogP contribution in [0.15, 0.2) is 60.2 Å². The molecular weight excluding hydrogens is 588 g/mol. The van der Waals surface area contributed by atoms with E-state index >= 15 is 0 Å². The molecule has 0 heterocycles. The summed E-state index contributed by atoms with van der Waals surface area (Å²) in [5.41, 5.74) is 2.53. The lowest BCUT2D eigenvalue weighted by Gasteiger charge is -2.21. The SMILES string of the molecule is COC(=O)c1cc(-c2c(OC)cc(-c3ccc(OS(C)(=O)=O)cc3)c(OC)c2OS(C)(=O)=O)ccc1OCC=C(C)C. The first-order valence-corrected chi connectivity index (χ1v) is 16.0. The van der Waals surface area contributed by atoms with Gasteiger partial charge >= 0.3 is 26.2 Å². The van der Waals surface area contributed by atoms with Crippen LogP contribution in [0.5, 0.6) is 28.7 Å². The van der Waals surface area contributed by atoms with Crippen LogP contribution in [0.3, 0.4) is 0 Å². The van der Waals surface area contributed by atoms with Crippen LogP contribution < -0.4 is 22.6 Å². The number of allylic oxidation sites excluding steroid dienone is 1. The number of esters is 1. The number of rotatable bonds is 12. The summed E-state index contributed by atoms with van der Waals surface area (Å²) in [6.07, 6.45) is 3.65. The minimum atomic E-state index is -4.10.